The number of nitrogen functional groups attached to an aromatic ring is 1. The number of nitrogens with one attached hydrogen (secondary N) is 2. The zero-order valence-corrected chi connectivity index (χ0v) is 15.2. The van der Waals surface area contributed by atoms with E-state index in [1.807, 2.05) is 0 Å². The van der Waals surface area contributed by atoms with Crippen molar-refractivity contribution >= 4 is 23.0 Å². The third kappa shape index (κ3) is 3.46. The van der Waals surface area contributed by atoms with E-state index in [1.165, 1.54) is 10.9 Å². The zero-order valence-electron chi connectivity index (χ0n) is 15.2. The molecular formula is C18H20N6O5. The van der Waals surface area contributed by atoms with E-state index >= 15 is 0 Å². The fraction of sp³-hybridized carbons (Fsp3) is 0.333. The van der Waals surface area contributed by atoms with E-state index in [0.717, 1.165) is 0 Å². The molecule has 29 heavy (non-hydrogen) atoms. The van der Waals surface area contributed by atoms with Gasteiger partial charge < -0.3 is 26.0 Å². The second-order valence-electron chi connectivity index (χ2n) is 6.75. The van der Waals surface area contributed by atoms with Gasteiger partial charge in [0.1, 0.15) is 6.10 Å². The first-order chi connectivity index (χ1) is 14.0. The molecule has 3 heterocycles. The topological polar surface area (TPSA) is 168 Å². The van der Waals surface area contributed by atoms with Gasteiger partial charge in [-0.05, 0) is 12.1 Å². The van der Waals surface area contributed by atoms with Crippen LogP contribution in [0.5, 0.6) is 0 Å². The summed E-state index contributed by atoms with van der Waals surface area (Å²) in [5.74, 6) is -0.983. The Morgan fingerprint density at radius 1 is 1.34 bits per heavy atom. The first-order valence-corrected chi connectivity index (χ1v) is 8.99. The molecule has 4 atom stereocenters. The summed E-state index contributed by atoms with van der Waals surface area (Å²) in [6.07, 6.45) is -1.46. The van der Waals surface area contributed by atoms with Gasteiger partial charge in [0.15, 0.2) is 17.4 Å². The highest BCUT2D eigenvalue weighted by Crippen LogP contribution is 2.34. The van der Waals surface area contributed by atoms with E-state index in [2.05, 4.69) is 20.3 Å². The van der Waals surface area contributed by atoms with Crippen molar-refractivity contribution in [2.45, 2.75) is 18.4 Å². The molecule has 0 spiro atoms. The largest absolute Gasteiger partial charge is 0.394 e. The molecule has 1 amide bonds. The lowest BCUT2D eigenvalue weighted by Crippen LogP contribution is -2.39. The van der Waals surface area contributed by atoms with Crippen molar-refractivity contribution in [3.8, 4) is 0 Å². The number of fused-ring (bicyclic) bond motifs is 1. The Labute approximate surface area is 164 Å². The summed E-state index contributed by atoms with van der Waals surface area (Å²) in [7, 11) is 0. The average molecular weight is 400 g/mol. The summed E-state index contributed by atoms with van der Waals surface area (Å²) in [6, 6.07) is 8.65. The minimum atomic E-state index is -1.09. The summed E-state index contributed by atoms with van der Waals surface area (Å²) >= 11 is 0. The van der Waals surface area contributed by atoms with Gasteiger partial charge in [0, 0.05) is 18.0 Å². The van der Waals surface area contributed by atoms with Crippen LogP contribution in [-0.4, -0.2) is 61.0 Å². The summed E-state index contributed by atoms with van der Waals surface area (Å²) < 4.78 is 7.18. The number of aliphatic hydroxyl groups excluding tert-OH is 2. The summed E-state index contributed by atoms with van der Waals surface area (Å²) in [4.78, 5) is 34.7. The van der Waals surface area contributed by atoms with Crippen molar-refractivity contribution in [1.29, 1.82) is 0 Å². The molecule has 2 aromatic heterocycles. The van der Waals surface area contributed by atoms with Gasteiger partial charge >= 0.3 is 0 Å². The Hall–Kier alpha value is -3.28. The third-order valence-electron chi connectivity index (χ3n) is 4.96. The highest BCUT2D eigenvalue weighted by Gasteiger charge is 2.45. The van der Waals surface area contributed by atoms with E-state index < -0.39 is 29.9 Å². The standard InChI is InChI=1S/C18H20N6O5/c19-18-22-14-12(16(28)23-18)21-8-24(14)17-13(26)10(11(7-25)29-17)6-20-15(27)9-4-2-1-3-5-9/h1-5,8,10-11,13,17,25-26H,6-7H2,(H,20,27)(H3,19,22,23,28)/t10-,11-,13-,17-/m1/s1. The second-order valence-corrected chi connectivity index (χ2v) is 6.75. The molecule has 11 heteroatoms. The van der Waals surface area contributed by atoms with Gasteiger partial charge in [-0.1, -0.05) is 18.2 Å². The molecule has 1 fully saturated rings. The fourth-order valence-corrected chi connectivity index (χ4v) is 3.48. The second kappa shape index (κ2) is 7.62. The van der Waals surface area contributed by atoms with Crippen LogP contribution in [0.2, 0.25) is 0 Å². The molecule has 1 aliphatic rings. The number of aromatic amines is 1. The number of nitrogens with two attached hydrogens (primary N) is 1. The highest BCUT2D eigenvalue weighted by molar-refractivity contribution is 5.94. The molecule has 0 radical (unpaired) electrons. The van der Waals surface area contributed by atoms with E-state index in [9.17, 15) is 19.8 Å². The number of aromatic nitrogens is 4. The van der Waals surface area contributed by atoms with Gasteiger partial charge in [0.05, 0.1) is 19.0 Å². The maximum Gasteiger partial charge on any atom is 0.280 e. The van der Waals surface area contributed by atoms with Crippen molar-refractivity contribution in [2.75, 3.05) is 18.9 Å². The fourth-order valence-electron chi connectivity index (χ4n) is 3.48. The number of imidazole rings is 1. The average Bonchev–Trinajstić information content (AvgIpc) is 3.27. The van der Waals surface area contributed by atoms with Gasteiger partial charge in [-0.3, -0.25) is 19.1 Å². The first kappa shape index (κ1) is 19.1. The number of anilines is 1. The van der Waals surface area contributed by atoms with Crippen LogP contribution < -0.4 is 16.6 Å². The highest BCUT2D eigenvalue weighted by atomic mass is 16.5. The van der Waals surface area contributed by atoms with Crippen LogP contribution in [-0.2, 0) is 4.74 Å². The molecule has 1 aliphatic heterocycles. The Bertz CT molecular complexity index is 1080. The summed E-state index contributed by atoms with van der Waals surface area (Å²) in [6.45, 7) is -0.276. The van der Waals surface area contributed by atoms with Crippen molar-refractivity contribution in [1.82, 2.24) is 24.8 Å². The molecule has 4 rings (SSSR count). The number of carbonyl (C=O) groups excluding carboxylic acids is 1. The molecule has 152 valence electrons. The summed E-state index contributed by atoms with van der Waals surface area (Å²) in [5, 5.41) is 23.3. The minimum absolute atomic E-state index is 0.0522. The monoisotopic (exact) mass is 400 g/mol. The maximum absolute atomic E-state index is 12.3. The number of hydrogen-bond donors (Lipinski definition) is 5. The molecule has 0 saturated carbocycles. The molecular weight excluding hydrogens is 380 g/mol. The Balaban J connectivity index is 1.56. The van der Waals surface area contributed by atoms with Crippen LogP contribution in [0.4, 0.5) is 5.95 Å². The number of H-pyrrole nitrogens is 1. The van der Waals surface area contributed by atoms with Gasteiger partial charge in [-0.25, -0.2) is 4.98 Å². The zero-order chi connectivity index (χ0) is 20.5. The van der Waals surface area contributed by atoms with Crippen LogP contribution in [0.15, 0.2) is 41.5 Å². The van der Waals surface area contributed by atoms with Crippen LogP contribution in [0, 0.1) is 5.92 Å². The SMILES string of the molecule is Nc1nc2c(ncn2[C@@H]2O[C@H](CO)[C@@H](CNC(=O)c3ccccc3)[C@H]2O)c(=O)[nH]1. The molecule has 0 aliphatic carbocycles. The number of carbonyl (C=O) groups is 1. The molecule has 11 nitrogen and oxygen atoms in total. The van der Waals surface area contributed by atoms with Crippen LogP contribution in [0.1, 0.15) is 16.6 Å². The molecule has 6 N–H and O–H groups in total. The molecule has 0 bridgehead atoms. The Morgan fingerprint density at radius 3 is 2.83 bits per heavy atom. The van der Waals surface area contributed by atoms with Crippen molar-refractivity contribution in [3.63, 3.8) is 0 Å². The lowest BCUT2D eigenvalue weighted by atomic mass is 9.98. The molecule has 1 aromatic carbocycles. The normalized spacial score (nSPS) is 24.1. The van der Waals surface area contributed by atoms with E-state index in [4.69, 9.17) is 10.5 Å². The number of rotatable bonds is 5. The maximum atomic E-state index is 12.3. The number of benzene rings is 1. The molecule has 3 aromatic rings. The minimum Gasteiger partial charge on any atom is -0.394 e. The third-order valence-corrected chi connectivity index (χ3v) is 4.96. The molecule has 0 unspecified atom stereocenters. The van der Waals surface area contributed by atoms with Crippen molar-refractivity contribution < 1.29 is 19.7 Å². The van der Waals surface area contributed by atoms with Gasteiger partial charge in [-0.15, -0.1) is 0 Å². The smallest absolute Gasteiger partial charge is 0.280 e. The van der Waals surface area contributed by atoms with Crippen LogP contribution in [0.3, 0.4) is 0 Å². The van der Waals surface area contributed by atoms with Gasteiger partial charge in [0.25, 0.3) is 11.5 Å². The lowest BCUT2D eigenvalue weighted by molar-refractivity contribution is -0.0492. The predicted molar refractivity (Wildman–Crippen MR) is 102 cm³/mol. The van der Waals surface area contributed by atoms with Crippen LogP contribution >= 0.6 is 0 Å². The number of ether oxygens (including phenoxy) is 1. The number of amides is 1. The van der Waals surface area contributed by atoms with E-state index in [-0.39, 0.29) is 36.2 Å². The van der Waals surface area contributed by atoms with Crippen molar-refractivity contribution in [3.05, 3.63) is 52.6 Å². The number of nitrogens with zero attached hydrogens (tertiary/aromatic N) is 3. The lowest BCUT2D eigenvalue weighted by Gasteiger charge is -2.20. The quantitative estimate of drug-likeness (QED) is 0.363. The Kier molecular flexibility index (Phi) is 5.01. The van der Waals surface area contributed by atoms with E-state index in [0.29, 0.717) is 5.56 Å². The Morgan fingerprint density at radius 2 is 2.10 bits per heavy atom. The number of aliphatic hydroxyl groups is 2. The predicted octanol–water partition coefficient (Wildman–Crippen LogP) is -1.00. The van der Waals surface area contributed by atoms with Gasteiger partial charge in [-0.2, -0.15) is 4.98 Å². The summed E-state index contributed by atoms with van der Waals surface area (Å²) in [5.41, 5.74) is 5.78. The number of hydrogen-bond acceptors (Lipinski definition) is 8. The van der Waals surface area contributed by atoms with Crippen LogP contribution in [0.25, 0.3) is 11.2 Å². The van der Waals surface area contributed by atoms with E-state index in [1.54, 1.807) is 30.3 Å². The molecule has 1 saturated heterocycles. The van der Waals surface area contributed by atoms with Gasteiger partial charge in [0.2, 0.25) is 5.95 Å². The first-order valence-electron chi connectivity index (χ1n) is 8.99. The van der Waals surface area contributed by atoms with Crippen molar-refractivity contribution in [2.24, 2.45) is 5.92 Å².